The van der Waals surface area contributed by atoms with Gasteiger partial charge in [-0.1, -0.05) is 0 Å². The summed E-state index contributed by atoms with van der Waals surface area (Å²) in [6.07, 6.45) is -1.92. The van der Waals surface area contributed by atoms with E-state index in [0.29, 0.717) is 0 Å². The van der Waals surface area contributed by atoms with E-state index >= 15 is 0 Å². The molecule has 0 spiro atoms. The fourth-order valence-electron chi connectivity index (χ4n) is 0.983. The lowest BCUT2D eigenvalue weighted by atomic mass is 10.2. The molecule has 0 radical (unpaired) electrons. The molecule has 1 N–H and O–H groups in total. The number of nitrogens with zero attached hydrogens (tertiary/aromatic N) is 2. The van der Waals surface area contributed by atoms with Gasteiger partial charge in [0.05, 0.1) is 18.0 Å². The van der Waals surface area contributed by atoms with Crippen LogP contribution in [0.4, 0.5) is 8.78 Å². The summed E-state index contributed by atoms with van der Waals surface area (Å²) in [5.41, 5.74) is -0.867. The fraction of sp³-hybridized carbons (Fsp3) is 0.600. The predicted molar refractivity (Wildman–Crippen MR) is 52.8 cm³/mol. The SMILES string of the molecule is CC(C)(C)OC(O)c1cnc(C(F)F)cn1. The molecule has 1 unspecified atom stereocenters. The Hall–Kier alpha value is -1.14. The lowest BCUT2D eigenvalue weighted by Crippen LogP contribution is -2.23. The highest BCUT2D eigenvalue weighted by molar-refractivity contribution is 5.04. The monoisotopic (exact) mass is 232 g/mol. The van der Waals surface area contributed by atoms with Gasteiger partial charge in [0.15, 0.2) is 0 Å². The summed E-state index contributed by atoms with van der Waals surface area (Å²) >= 11 is 0. The molecule has 4 nitrogen and oxygen atoms in total. The molecule has 0 aliphatic rings. The van der Waals surface area contributed by atoms with Gasteiger partial charge in [-0.3, -0.25) is 9.97 Å². The highest BCUT2D eigenvalue weighted by Crippen LogP contribution is 2.21. The lowest BCUT2D eigenvalue weighted by Gasteiger charge is -2.23. The first-order valence-electron chi connectivity index (χ1n) is 4.75. The van der Waals surface area contributed by atoms with E-state index in [2.05, 4.69) is 9.97 Å². The molecule has 0 fully saturated rings. The smallest absolute Gasteiger partial charge is 0.281 e. The van der Waals surface area contributed by atoms with E-state index in [0.717, 1.165) is 12.4 Å². The van der Waals surface area contributed by atoms with Crippen LogP contribution in [0.1, 0.15) is 44.9 Å². The maximum absolute atomic E-state index is 12.2. The number of hydrogen-bond donors (Lipinski definition) is 1. The molecule has 0 amide bonds. The van der Waals surface area contributed by atoms with Gasteiger partial charge >= 0.3 is 0 Å². The summed E-state index contributed by atoms with van der Waals surface area (Å²) in [7, 11) is 0. The third-order valence-electron chi connectivity index (χ3n) is 1.63. The van der Waals surface area contributed by atoms with Crippen LogP contribution in [-0.4, -0.2) is 20.7 Å². The third-order valence-corrected chi connectivity index (χ3v) is 1.63. The number of aromatic nitrogens is 2. The number of halogens is 2. The summed E-state index contributed by atoms with van der Waals surface area (Å²) in [6, 6.07) is 0. The molecule has 16 heavy (non-hydrogen) atoms. The first kappa shape index (κ1) is 12.9. The Labute approximate surface area is 92.3 Å². The van der Waals surface area contributed by atoms with Crippen molar-refractivity contribution in [3.8, 4) is 0 Å². The standard InChI is InChI=1S/C10H14F2N2O2/c1-10(2,3)16-9(15)7-5-13-6(4-14-7)8(11)12/h4-5,8-9,15H,1-3H3. The zero-order valence-electron chi connectivity index (χ0n) is 9.32. The Morgan fingerprint density at radius 2 is 1.69 bits per heavy atom. The van der Waals surface area contributed by atoms with Gasteiger partial charge in [-0.15, -0.1) is 0 Å². The molecule has 1 atom stereocenters. The number of aliphatic hydroxyl groups is 1. The second-order valence-corrected chi connectivity index (χ2v) is 4.25. The second-order valence-electron chi connectivity index (χ2n) is 4.25. The van der Waals surface area contributed by atoms with Crippen molar-refractivity contribution >= 4 is 0 Å². The van der Waals surface area contributed by atoms with Gasteiger partial charge in [0.1, 0.15) is 11.4 Å². The quantitative estimate of drug-likeness (QED) is 0.812. The van der Waals surface area contributed by atoms with E-state index in [1.165, 1.54) is 0 Å². The van der Waals surface area contributed by atoms with Crippen LogP contribution in [0.5, 0.6) is 0 Å². The summed E-state index contributed by atoms with van der Waals surface area (Å²) in [6.45, 7) is 5.28. The average molecular weight is 232 g/mol. The zero-order valence-corrected chi connectivity index (χ0v) is 9.32. The molecule has 0 bridgehead atoms. The van der Waals surface area contributed by atoms with Gasteiger partial charge in [0.2, 0.25) is 6.29 Å². The minimum atomic E-state index is -2.66. The largest absolute Gasteiger partial charge is 0.363 e. The normalized spacial score (nSPS) is 14.2. The van der Waals surface area contributed by atoms with E-state index in [-0.39, 0.29) is 5.69 Å². The van der Waals surface area contributed by atoms with Crippen LogP contribution in [-0.2, 0) is 4.74 Å². The molecule has 1 heterocycles. The van der Waals surface area contributed by atoms with E-state index in [4.69, 9.17) is 4.74 Å². The van der Waals surface area contributed by atoms with Crippen LogP contribution in [0.25, 0.3) is 0 Å². The van der Waals surface area contributed by atoms with Gasteiger partial charge in [-0.2, -0.15) is 0 Å². The summed E-state index contributed by atoms with van der Waals surface area (Å²) in [5, 5.41) is 9.57. The Balaban J connectivity index is 2.74. The number of alkyl halides is 2. The maximum Gasteiger partial charge on any atom is 0.281 e. The first-order valence-corrected chi connectivity index (χ1v) is 4.75. The molecule has 90 valence electrons. The number of aliphatic hydroxyl groups excluding tert-OH is 1. The Kier molecular flexibility index (Phi) is 3.88. The Morgan fingerprint density at radius 3 is 2.06 bits per heavy atom. The Bertz CT molecular complexity index is 336. The molecule has 1 aromatic heterocycles. The van der Waals surface area contributed by atoms with Gasteiger partial charge < -0.3 is 9.84 Å². The molecule has 0 aromatic carbocycles. The van der Waals surface area contributed by atoms with Crippen molar-refractivity contribution in [2.45, 2.75) is 39.1 Å². The van der Waals surface area contributed by atoms with Crippen molar-refractivity contribution < 1.29 is 18.6 Å². The van der Waals surface area contributed by atoms with Gasteiger partial charge in [-0.25, -0.2) is 8.78 Å². The highest BCUT2D eigenvalue weighted by Gasteiger charge is 2.20. The molecule has 0 aliphatic heterocycles. The average Bonchev–Trinajstić information content (AvgIpc) is 2.15. The summed E-state index contributed by atoms with van der Waals surface area (Å²) < 4.78 is 29.5. The molecule has 1 rings (SSSR count). The van der Waals surface area contributed by atoms with Crippen molar-refractivity contribution in [2.75, 3.05) is 0 Å². The van der Waals surface area contributed by atoms with Crippen LogP contribution < -0.4 is 0 Å². The molecule has 0 saturated heterocycles. The highest BCUT2D eigenvalue weighted by atomic mass is 19.3. The molecule has 1 aromatic rings. The number of ether oxygens (including phenoxy) is 1. The van der Waals surface area contributed by atoms with Gasteiger partial charge in [0, 0.05) is 0 Å². The van der Waals surface area contributed by atoms with Crippen LogP contribution in [0.2, 0.25) is 0 Å². The number of hydrogen-bond acceptors (Lipinski definition) is 4. The van der Waals surface area contributed by atoms with Crippen molar-refractivity contribution in [3.05, 3.63) is 23.8 Å². The van der Waals surface area contributed by atoms with E-state index in [9.17, 15) is 13.9 Å². The first-order chi connectivity index (χ1) is 7.29. The minimum Gasteiger partial charge on any atom is -0.363 e. The fourth-order valence-corrected chi connectivity index (χ4v) is 0.983. The minimum absolute atomic E-state index is 0.110. The van der Waals surface area contributed by atoms with Crippen molar-refractivity contribution in [3.63, 3.8) is 0 Å². The zero-order chi connectivity index (χ0) is 12.3. The topological polar surface area (TPSA) is 55.2 Å². The van der Waals surface area contributed by atoms with Crippen LogP contribution in [0.3, 0.4) is 0 Å². The molecule has 0 aliphatic carbocycles. The number of rotatable bonds is 3. The van der Waals surface area contributed by atoms with Gasteiger partial charge in [0.25, 0.3) is 6.43 Å². The van der Waals surface area contributed by atoms with Crippen LogP contribution in [0, 0.1) is 0 Å². The molecular formula is C10H14F2N2O2. The van der Waals surface area contributed by atoms with E-state index in [1.807, 2.05) is 0 Å². The van der Waals surface area contributed by atoms with E-state index in [1.54, 1.807) is 20.8 Å². The van der Waals surface area contributed by atoms with Crippen molar-refractivity contribution in [1.82, 2.24) is 9.97 Å². The van der Waals surface area contributed by atoms with Gasteiger partial charge in [-0.05, 0) is 20.8 Å². The maximum atomic E-state index is 12.2. The lowest BCUT2D eigenvalue weighted by molar-refractivity contribution is -0.171. The summed E-state index contributed by atoms with van der Waals surface area (Å²) in [5.74, 6) is 0. The van der Waals surface area contributed by atoms with Crippen molar-refractivity contribution in [1.29, 1.82) is 0 Å². The Morgan fingerprint density at radius 1 is 1.19 bits per heavy atom. The summed E-state index contributed by atoms with van der Waals surface area (Å²) in [4.78, 5) is 7.14. The molecule has 6 heteroatoms. The predicted octanol–water partition coefficient (Wildman–Crippen LogP) is 2.22. The molecule has 0 saturated carbocycles. The van der Waals surface area contributed by atoms with Crippen LogP contribution >= 0.6 is 0 Å². The molecular weight excluding hydrogens is 218 g/mol. The third kappa shape index (κ3) is 3.79. The van der Waals surface area contributed by atoms with Crippen LogP contribution in [0.15, 0.2) is 12.4 Å². The van der Waals surface area contributed by atoms with E-state index < -0.39 is 24.0 Å². The second kappa shape index (κ2) is 4.80. The van der Waals surface area contributed by atoms with Crippen molar-refractivity contribution in [2.24, 2.45) is 0 Å².